The van der Waals surface area contributed by atoms with Crippen molar-refractivity contribution in [2.45, 2.75) is 12.8 Å². The highest BCUT2D eigenvalue weighted by Gasteiger charge is 1.99. The van der Waals surface area contributed by atoms with Gasteiger partial charge in [0.2, 0.25) is 5.43 Å². The maximum Gasteiger partial charge on any atom is 0.236 e. The molecule has 0 aliphatic heterocycles. The van der Waals surface area contributed by atoms with E-state index in [1.165, 1.54) is 0 Å². The second-order valence-corrected chi connectivity index (χ2v) is 3.94. The summed E-state index contributed by atoms with van der Waals surface area (Å²) in [6, 6.07) is 13.6. The molecule has 1 heteroatoms. The maximum absolute atomic E-state index is 11.8. The Kier molecular flexibility index (Phi) is 2.01. The zero-order valence-electron chi connectivity index (χ0n) is 8.79. The molecule has 1 nitrogen and oxygen atoms in total. The van der Waals surface area contributed by atoms with Crippen LogP contribution in [0.2, 0.25) is 0 Å². The predicted molar refractivity (Wildman–Crippen MR) is 65.3 cm³/mol. The van der Waals surface area contributed by atoms with Crippen molar-refractivity contribution in [2.24, 2.45) is 0 Å². The van der Waals surface area contributed by atoms with Gasteiger partial charge in [0.05, 0.1) is 0 Å². The Morgan fingerprint density at radius 3 is 2.56 bits per heavy atom. The topological polar surface area (TPSA) is 17.1 Å². The van der Waals surface area contributed by atoms with Crippen molar-refractivity contribution in [1.29, 1.82) is 0 Å². The number of hydrogen-bond donors (Lipinski definition) is 0. The minimum atomic E-state index is -0.0536. The first kappa shape index (κ1) is 9.18. The SMILES string of the molecule is O=c1c#cc2ccccc2c2c1=CCCC=2. The Hall–Kier alpha value is -2.07. The predicted octanol–water partition coefficient (Wildman–Crippen LogP) is 1.16. The maximum atomic E-state index is 11.8. The molecule has 0 atom stereocenters. The largest absolute Gasteiger partial charge is 0.279 e. The van der Waals surface area contributed by atoms with Gasteiger partial charge in [-0.25, -0.2) is 0 Å². The van der Waals surface area contributed by atoms with Crippen molar-refractivity contribution in [3.8, 4) is 0 Å². The standard InChI is InChI=1S/C15H10O/c16-15-10-9-11-5-1-2-6-12(11)13-7-3-4-8-14(13)15/h1-2,5-8H,3-4H2. The van der Waals surface area contributed by atoms with Gasteiger partial charge in [-0.3, -0.25) is 4.79 Å². The molecule has 0 saturated carbocycles. The third-order valence-electron chi connectivity index (χ3n) is 2.93. The van der Waals surface area contributed by atoms with E-state index in [4.69, 9.17) is 0 Å². The van der Waals surface area contributed by atoms with E-state index in [-0.39, 0.29) is 5.43 Å². The summed E-state index contributed by atoms with van der Waals surface area (Å²) in [6.07, 6.45) is 6.09. The van der Waals surface area contributed by atoms with Gasteiger partial charge in [0, 0.05) is 10.6 Å². The molecular formula is C15H10O. The van der Waals surface area contributed by atoms with Gasteiger partial charge in [0.15, 0.2) is 0 Å². The lowest BCUT2D eigenvalue weighted by Gasteiger charge is -1.97. The molecule has 0 aromatic heterocycles. The lowest BCUT2D eigenvalue weighted by atomic mass is 10.1. The monoisotopic (exact) mass is 206 g/mol. The summed E-state index contributed by atoms with van der Waals surface area (Å²) >= 11 is 0. The fraction of sp³-hybridized carbons (Fsp3) is 0.133. The van der Waals surface area contributed by atoms with Crippen molar-refractivity contribution >= 4 is 22.9 Å². The molecule has 2 aromatic rings. The lowest BCUT2D eigenvalue weighted by Crippen LogP contribution is -2.37. The van der Waals surface area contributed by atoms with Crippen LogP contribution in [0.5, 0.6) is 0 Å². The summed E-state index contributed by atoms with van der Waals surface area (Å²) in [7, 11) is 0. The van der Waals surface area contributed by atoms with E-state index >= 15 is 0 Å². The molecule has 0 fully saturated rings. The van der Waals surface area contributed by atoms with Crippen LogP contribution in [0, 0.1) is 12.1 Å². The van der Waals surface area contributed by atoms with E-state index < -0.39 is 0 Å². The van der Waals surface area contributed by atoms with E-state index in [1.54, 1.807) is 0 Å². The van der Waals surface area contributed by atoms with Crippen LogP contribution in [0.25, 0.3) is 22.9 Å². The summed E-state index contributed by atoms with van der Waals surface area (Å²) in [5, 5.41) is 3.87. The third-order valence-corrected chi connectivity index (χ3v) is 2.93. The molecule has 0 N–H and O–H groups in total. The highest BCUT2D eigenvalue weighted by atomic mass is 16.1. The van der Waals surface area contributed by atoms with Crippen LogP contribution in [0.15, 0.2) is 29.1 Å². The van der Waals surface area contributed by atoms with Crippen LogP contribution in [-0.2, 0) is 0 Å². The van der Waals surface area contributed by atoms with Crippen molar-refractivity contribution in [2.75, 3.05) is 0 Å². The quantitative estimate of drug-likeness (QED) is 0.632. The molecule has 2 aromatic carbocycles. The lowest BCUT2D eigenvalue weighted by molar-refractivity contribution is 1.12. The van der Waals surface area contributed by atoms with E-state index in [0.29, 0.717) is 0 Å². The van der Waals surface area contributed by atoms with Gasteiger partial charge in [0.1, 0.15) is 0 Å². The molecule has 0 bridgehead atoms. The molecule has 16 heavy (non-hydrogen) atoms. The Labute approximate surface area is 93.4 Å². The summed E-state index contributed by atoms with van der Waals surface area (Å²) in [5.41, 5.74) is -0.0536. The fourth-order valence-corrected chi connectivity index (χ4v) is 2.16. The van der Waals surface area contributed by atoms with Gasteiger partial charge in [-0.15, -0.1) is 0 Å². The normalized spacial score (nSPS) is 13.2. The first-order valence-electron chi connectivity index (χ1n) is 5.43. The van der Waals surface area contributed by atoms with Gasteiger partial charge in [0.25, 0.3) is 0 Å². The van der Waals surface area contributed by atoms with E-state index in [9.17, 15) is 4.79 Å². The molecule has 0 saturated heterocycles. The van der Waals surface area contributed by atoms with Crippen LogP contribution < -0.4 is 15.9 Å². The molecule has 1 aliphatic carbocycles. The summed E-state index contributed by atoms with van der Waals surface area (Å²) in [6.45, 7) is 0. The van der Waals surface area contributed by atoms with Crippen molar-refractivity contribution in [3.05, 3.63) is 57.1 Å². The van der Waals surface area contributed by atoms with E-state index in [2.05, 4.69) is 18.2 Å². The number of fused-ring (bicyclic) bond motifs is 3. The minimum absolute atomic E-state index is 0.0536. The highest BCUT2D eigenvalue weighted by molar-refractivity contribution is 5.81. The van der Waals surface area contributed by atoms with Crippen molar-refractivity contribution in [1.82, 2.24) is 0 Å². The van der Waals surface area contributed by atoms with E-state index in [0.717, 1.165) is 34.1 Å². The minimum Gasteiger partial charge on any atom is -0.279 e. The highest BCUT2D eigenvalue weighted by Crippen LogP contribution is 2.04. The van der Waals surface area contributed by atoms with Gasteiger partial charge >= 0.3 is 0 Å². The number of benzene rings is 1. The first-order valence-corrected chi connectivity index (χ1v) is 5.43. The summed E-state index contributed by atoms with van der Waals surface area (Å²) < 4.78 is 0. The zero-order valence-corrected chi connectivity index (χ0v) is 8.79. The fourth-order valence-electron chi connectivity index (χ4n) is 2.16. The number of rotatable bonds is 0. The van der Waals surface area contributed by atoms with Crippen LogP contribution in [-0.4, -0.2) is 0 Å². The van der Waals surface area contributed by atoms with Crippen molar-refractivity contribution in [3.63, 3.8) is 0 Å². The van der Waals surface area contributed by atoms with Gasteiger partial charge < -0.3 is 0 Å². The molecular weight excluding hydrogens is 196 g/mol. The molecule has 3 rings (SSSR count). The molecule has 76 valence electrons. The summed E-state index contributed by atoms with van der Waals surface area (Å²) in [5.74, 6) is 0. The zero-order chi connectivity index (χ0) is 11.0. The van der Waals surface area contributed by atoms with E-state index in [1.807, 2.05) is 30.3 Å². The Balaban J connectivity index is 2.73. The molecule has 0 spiro atoms. The molecule has 0 radical (unpaired) electrons. The smallest absolute Gasteiger partial charge is 0.236 e. The molecule has 0 unspecified atom stereocenters. The average molecular weight is 206 g/mol. The van der Waals surface area contributed by atoms with Gasteiger partial charge in [-0.1, -0.05) is 36.4 Å². The Morgan fingerprint density at radius 1 is 0.938 bits per heavy atom. The number of hydrogen-bond acceptors (Lipinski definition) is 1. The summed E-state index contributed by atoms with van der Waals surface area (Å²) in [4.78, 5) is 11.8. The average Bonchev–Trinajstić information content (AvgIpc) is 2.49. The van der Waals surface area contributed by atoms with Crippen LogP contribution in [0.1, 0.15) is 12.8 Å². The first-order chi connectivity index (χ1) is 7.86. The Morgan fingerprint density at radius 2 is 1.69 bits per heavy atom. The molecule has 0 amide bonds. The van der Waals surface area contributed by atoms with Crippen LogP contribution >= 0.6 is 0 Å². The van der Waals surface area contributed by atoms with Gasteiger partial charge in [-0.05, 0) is 35.6 Å². The second-order valence-electron chi connectivity index (χ2n) is 3.94. The van der Waals surface area contributed by atoms with Crippen LogP contribution in [0.3, 0.4) is 0 Å². The molecule has 0 heterocycles. The second kappa shape index (κ2) is 3.50. The third kappa shape index (κ3) is 1.31. The Bertz CT molecular complexity index is 726. The molecule has 1 aliphatic rings. The van der Waals surface area contributed by atoms with Gasteiger partial charge in [-0.2, -0.15) is 0 Å². The van der Waals surface area contributed by atoms with Crippen LogP contribution in [0.4, 0.5) is 0 Å². The van der Waals surface area contributed by atoms with Crippen molar-refractivity contribution < 1.29 is 0 Å².